The number of nitrogens with zero attached hydrogens (tertiary/aromatic N) is 2. The third kappa shape index (κ3) is 3.11. The van der Waals surface area contributed by atoms with Crippen molar-refractivity contribution in [2.45, 2.75) is 6.42 Å². The maximum atomic E-state index is 4.07. The van der Waals surface area contributed by atoms with Gasteiger partial charge in [-0.15, -0.1) is 0 Å². The van der Waals surface area contributed by atoms with Crippen LogP contribution in [0.15, 0.2) is 45.5 Å². The molecule has 0 saturated carbocycles. The number of aromatic nitrogens is 2. The fourth-order valence-electron chi connectivity index (χ4n) is 1.33. The fourth-order valence-corrected chi connectivity index (χ4v) is 2.13. The van der Waals surface area contributed by atoms with E-state index in [1.54, 1.807) is 6.20 Å². The highest BCUT2D eigenvalue weighted by Gasteiger charge is 1.99. The number of hydrogen-bond donors (Lipinski definition) is 0. The zero-order valence-corrected chi connectivity index (χ0v) is 11.0. The van der Waals surface area contributed by atoms with Crippen molar-refractivity contribution in [3.8, 4) is 0 Å². The van der Waals surface area contributed by atoms with Crippen LogP contribution in [-0.4, -0.2) is 10.2 Å². The van der Waals surface area contributed by atoms with Gasteiger partial charge in [0.25, 0.3) is 0 Å². The molecule has 76 valence electrons. The second-order valence-corrected chi connectivity index (χ2v) is 5.00. The van der Waals surface area contributed by atoms with Gasteiger partial charge in [0.1, 0.15) is 0 Å². The molecule has 15 heavy (non-hydrogen) atoms. The van der Waals surface area contributed by atoms with E-state index in [0.29, 0.717) is 0 Å². The molecule has 0 unspecified atom stereocenters. The van der Waals surface area contributed by atoms with Crippen LogP contribution in [0, 0.1) is 0 Å². The first-order valence-corrected chi connectivity index (χ1v) is 6.04. The van der Waals surface area contributed by atoms with Crippen LogP contribution in [0.2, 0.25) is 0 Å². The predicted octanol–water partition coefficient (Wildman–Crippen LogP) is 3.59. The Morgan fingerprint density at radius 1 is 1.07 bits per heavy atom. The molecule has 2 nitrogen and oxygen atoms in total. The molecule has 0 radical (unpaired) electrons. The van der Waals surface area contributed by atoms with Crippen LogP contribution in [-0.2, 0) is 6.42 Å². The predicted molar refractivity (Wildman–Crippen MR) is 66.7 cm³/mol. The van der Waals surface area contributed by atoms with Crippen molar-refractivity contribution in [2.75, 3.05) is 0 Å². The van der Waals surface area contributed by atoms with Gasteiger partial charge in [-0.05, 0) is 39.7 Å². The van der Waals surface area contributed by atoms with Gasteiger partial charge >= 0.3 is 0 Å². The molecule has 0 aliphatic rings. The summed E-state index contributed by atoms with van der Waals surface area (Å²) in [6.45, 7) is 0. The minimum Gasteiger partial charge on any atom is -0.158 e. The maximum absolute atomic E-state index is 4.07. The largest absolute Gasteiger partial charge is 0.158 e. The van der Waals surface area contributed by atoms with Crippen molar-refractivity contribution in [2.24, 2.45) is 0 Å². The van der Waals surface area contributed by atoms with Crippen LogP contribution in [0.3, 0.4) is 0 Å². The lowest BCUT2D eigenvalue weighted by atomic mass is 10.1. The van der Waals surface area contributed by atoms with Crippen LogP contribution >= 0.6 is 31.9 Å². The SMILES string of the molecule is Brc1cccc(Cc2cc(Br)cnn2)c1. The lowest BCUT2D eigenvalue weighted by molar-refractivity contribution is 0.930. The first-order valence-electron chi connectivity index (χ1n) is 4.45. The molecule has 0 spiro atoms. The van der Waals surface area contributed by atoms with Crippen molar-refractivity contribution in [3.63, 3.8) is 0 Å². The van der Waals surface area contributed by atoms with Crippen molar-refractivity contribution in [3.05, 3.63) is 56.7 Å². The average molecular weight is 328 g/mol. The van der Waals surface area contributed by atoms with Gasteiger partial charge < -0.3 is 0 Å². The molecule has 0 amide bonds. The standard InChI is InChI=1S/C11H8Br2N2/c12-9-3-1-2-8(4-9)5-11-6-10(13)7-14-15-11/h1-4,6-7H,5H2. The summed E-state index contributed by atoms with van der Waals surface area (Å²) < 4.78 is 2.05. The molecule has 1 aromatic carbocycles. The topological polar surface area (TPSA) is 25.8 Å². The molecule has 0 bridgehead atoms. The molecular formula is C11H8Br2N2. The van der Waals surface area contributed by atoms with Crippen LogP contribution < -0.4 is 0 Å². The lowest BCUT2D eigenvalue weighted by Gasteiger charge is -2.01. The van der Waals surface area contributed by atoms with Crippen molar-refractivity contribution in [1.82, 2.24) is 10.2 Å². The third-order valence-corrected chi connectivity index (χ3v) is 2.87. The van der Waals surface area contributed by atoms with E-state index >= 15 is 0 Å². The minimum atomic E-state index is 0.798. The summed E-state index contributed by atoms with van der Waals surface area (Å²) in [7, 11) is 0. The van der Waals surface area contributed by atoms with E-state index in [1.165, 1.54) is 5.56 Å². The van der Waals surface area contributed by atoms with Crippen LogP contribution in [0.4, 0.5) is 0 Å². The summed E-state index contributed by atoms with van der Waals surface area (Å²) in [5.74, 6) is 0. The summed E-state index contributed by atoms with van der Waals surface area (Å²) in [4.78, 5) is 0. The summed E-state index contributed by atoms with van der Waals surface area (Å²) in [6, 6.07) is 10.2. The van der Waals surface area contributed by atoms with Gasteiger partial charge in [0.2, 0.25) is 0 Å². The molecule has 0 N–H and O–H groups in total. The summed E-state index contributed by atoms with van der Waals surface area (Å²) in [6.07, 6.45) is 2.48. The third-order valence-electron chi connectivity index (χ3n) is 1.95. The van der Waals surface area contributed by atoms with Gasteiger partial charge in [-0.25, -0.2) is 0 Å². The molecule has 0 aliphatic carbocycles. The normalized spacial score (nSPS) is 10.3. The maximum Gasteiger partial charge on any atom is 0.0686 e. The first kappa shape index (κ1) is 10.8. The molecule has 0 aliphatic heterocycles. The van der Waals surface area contributed by atoms with Crippen molar-refractivity contribution < 1.29 is 0 Å². The van der Waals surface area contributed by atoms with Gasteiger partial charge in [0.05, 0.1) is 11.9 Å². The highest BCUT2D eigenvalue weighted by Crippen LogP contribution is 2.15. The second kappa shape index (κ2) is 4.86. The van der Waals surface area contributed by atoms with Crippen LogP contribution in [0.1, 0.15) is 11.3 Å². The van der Waals surface area contributed by atoms with Gasteiger partial charge in [-0.2, -0.15) is 10.2 Å². The van der Waals surface area contributed by atoms with E-state index < -0.39 is 0 Å². The van der Waals surface area contributed by atoms with Gasteiger partial charge in [-0.3, -0.25) is 0 Å². The fraction of sp³-hybridized carbons (Fsp3) is 0.0909. The number of benzene rings is 1. The lowest BCUT2D eigenvalue weighted by Crippen LogP contribution is -1.94. The molecule has 2 rings (SSSR count). The zero-order valence-electron chi connectivity index (χ0n) is 7.82. The Morgan fingerprint density at radius 3 is 2.67 bits per heavy atom. The van der Waals surface area contributed by atoms with Crippen molar-refractivity contribution in [1.29, 1.82) is 0 Å². The minimum absolute atomic E-state index is 0.798. The second-order valence-electron chi connectivity index (χ2n) is 3.17. The van der Waals surface area contributed by atoms with E-state index in [4.69, 9.17) is 0 Å². The van der Waals surface area contributed by atoms with Gasteiger partial charge in [0.15, 0.2) is 0 Å². The molecule has 1 heterocycles. The quantitative estimate of drug-likeness (QED) is 0.842. The first-order chi connectivity index (χ1) is 7.24. The Labute approximate surface area is 105 Å². The Morgan fingerprint density at radius 2 is 1.93 bits per heavy atom. The molecule has 1 aromatic heterocycles. The van der Waals surface area contributed by atoms with Gasteiger partial charge in [0, 0.05) is 15.4 Å². The molecule has 0 saturated heterocycles. The number of rotatable bonds is 2. The Bertz CT molecular complexity index is 428. The highest BCUT2D eigenvalue weighted by molar-refractivity contribution is 9.10. The Balaban J connectivity index is 2.22. The molecule has 4 heteroatoms. The number of hydrogen-bond acceptors (Lipinski definition) is 2. The zero-order chi connectivity index (χ0) is 10.7. The highest BCUT2D eigenvalue weighted by atomic mass is 79.9. The summed E-state index contributed by atoms with van der Waals surface area (Å²) >= 11 is 6.82. The Hall–Kier alpha value is -0.740. The van der Waals surface area contributed by atoms with E-state index in [2.05, 4.69) is 54.2 Å². The summed E-state index contributed by atoms with van der Waals surface area (Å²) in [5, 5.41) is 7.96. The van der Waals surface area contributed by atoms with E-state index in [9.17, 15) is 0 Å². The molecular weight excluding hydrogens is 320 g/mol. The monoisotopic (exact) mass is 326 g/mol. The molecule has 0 fully saturated rings. The van der Waals surface area contributed by atoms with E-state index in [1.807, 2.05) is 18.2 Å². The average Bonchev–Trinajstić information content (AvgIpc) is 2.17. The summed E-state index contributed by atoms with van der Waals surface area (Å²) in [5.41, 5.74) is 2.18. The van der Waals surface area contributed by atoms with Gasteiger partial charge in [-0.1, -0.05) is 28.1 Å². The molecule has 0 atom stereocenters. The Kier molecular flexibility index (Phi) is 3.49. The smallest absolute Gasteiger partial charge is 0.0686 e. The van der Waals surface area contributed by atoms with Crippen molar-refractivity contribution >= 4 is 31.9 Å². The van der Waals surface area contributed by atoms with Crippen LogP contribution in [0.5, 0.6) is 0 Å². The van der Waals surface area contributed by atoms with E-state index in [0.717, 1.165) is 21.1 Å². The van der Waals surface area contributed by atoms with E-state index in [-0.39, 0.29) is 0 Å². The molecule has 2 aromatic rings. The van der Waals surface area contributed by atoms with Crippen LogP contribution in [0.25, 0.3) is 0 Å². The number of halogens is 2.